The summed E-state index contributed by atoms with van der Waals surface area (Å²) in [6, 6.07) is 8.79. The van der Waals surface area contributed by atoms with Crippen LogP contribution < -0.4 is 4.90 Å². The van der Waals surface area contributed by atoms with Gasteiger partial charge in [0.25, 0.3) is 0 Å². The fourth-order valence-corrected chi connectivity index (χ4v) is 4.62. The molecule has 1 amide bonds. The van der Waals surface area contributed by atoms with E-state index in [0.717, 1.165) is 18.4 Å². The van der Waals surface area contributed by atoms with Crippen molar-refractivity contribution in [3.8, 4) is 0 Å². The normalized spacial score (nSPS) is 24.0. The number of pyridine rings is 1. The van der Waals surface area contributed by atoms with Crippen LogP contribution in [0.5, 0.6) is 0 Å². The van der Waals surface area contributed by atoms with Crippen molar-refractivity contribution in [3.05, 3.63) is 59.9 Å². The van der Waals surface area contributed by atoms with Crippen LogP contribution in [0, 0.1) is 29.4 Å². The molecule has 2 aliphatic rings. The zero-order valence-electron chi connectivity index (χ0n) is 14.6. The highest BCUT2D eigenvalue weighted by Crippen LogP contribution is 2.49. The molecule has 26 heavy (non-hydrogen) atoms. The van der Waals surface area contributed by atoms with Crippen LogP contribution in [0.1, 0.15) is 37.8 Å². The molecule has 2 saturated carbocycles. The lowest BCUT2D eigenvalue weighted by molar-refractivity contribution is -0.120. The summed E-state index contributed by atoms with van der Waals surface area (Å²) in [4.78, 5) is 18.7. The van der Waals surface area contributed by atoms with Crippen molar-refractivity contribution in [2.75, 3.05) is 4.90 Å². The maximum Gasteiger partial charge on any atom is 0.227 e. The van der Waals surface area contributed by atoms with E-state index in [9.17, 15) is 13.6 Å². The Bertz CT molecular complexity index is 796. The highest BCUT2D eigenvalue weighted by Gasteiger charge is 2.40. The van der Waals surface area contributed by atoms with E-state index in [4.69, 9.17) is 0 Å². The number of nitrogens with zero attached hydrogens (tertiary/aromatic N) is 2. The summed E-state index contributed by atoms with van der Waals surface area (Å²) in [5.41, 5.74) is 0.794. The molecule has 1 heterocycles. The number of hydrogen-bond donors (Lipinski definition) is 0. The van der Waals surface area contributed by atoms with Crippen LogP contribution in [0.25, 0.3) is 0 Å². The molecule has 2 aromatic rings. The lowest BCUT2D eigenvalue weighted by atomic mass is 9.86. The number of fused-ring (bicyclic) bond motifs is 2. The molecule has 136 valence electrons. The first-order chi connectivity index (χ1) is 12.6. The zero-order chi connectivity index (χ0) is 18.1. The Hall–Kier alpha value is -2.30. The molecule has 3 unspecified atom stereocenters. The molecule has 1 aromatic heterocycles. The Labute approximate surface area is 152 Å². The van der Waals surface area contributed by atoms with Crippen LogP contribution >= 0.6 is 0 Å². The molecule has 2 aliphatic carbocycles. The van der Waals surface area contributed by atoms with E-state index in [0.29, 0.717) is 24.0 Å². The molecule has 0 N–H and O–H groups in total. The maximum absolute atomic E-state index is 14.4. The van der Waals surface area contributed by atoms with Crippen molar-refractivity contribution in [2.45, 2.75) is 38.6 Å². The second-order valence-corrected chi connectivity index (χ2v) is 7.54. The molecule has 2 fully saturated rings. The summed E-state index contributed by atoms with van der Waals surface area (Å²) < 4.78 is 27.7. The van der Waals surface area contributed by atoms with Gasteiger partial charge in [-0.2, -0.15) is 0 Å². The standard InChI is InChI=1S/C21H22F2N2O/c22-17-6-7-20(19(23)12-17)25(13-18-3-1-2-8-24-18)21(26)11-16-10-14-4-5-15(16)9-14/h1-3,6-8,12,14-16H,4-5,9-11,13H2. The molecular weight excluding hydrogens is 334 g/mol. The summed E-state index contributed by atoms with van der Waals surface area (Å²) >= 11 is 0. The second kappa shape index (κ2) is 7.14. The van der Waals surface area contributed by atoms with Gasteiger partial charge in [0.05, 0.1) is 17.9 Å². The number of rotatable bonds is 5. The van der Waals surface area contributed by atoms with Crippen molar-refractivity contribution >= 4 is 11.6 Å². The van der Waals surface area contributed by atoms with Gasteiger partial charge >= 0.3 is 0 Å². The van der Waals surface area contributed by atoms with Gasteiger partial charge in [0.2, 0.25) is 5.91 Å². The Morgan fingerprint density at radius 2 is 2.04 bits per heavy atom. The first-order valence-electron chi connectivity index (χ1n) is 9.25. The SMILES string of the molecule is O=C(CC1CC2CCC1C2)N(Cc1ccccn1)c1ccc(F)cc1F. The average molecular weight is 356 g/mol. The molecule has 4 rings (SSSR count). The smallest absolute Gasteiger partial charge is 0.227 e. The van der Waals surface area contributed by atoms with Crippen LogP contribution in [0.3, 0.4) is 0 Å². The molecule has 0 spiro atoms. The highest BCUT2D eigenvalue weighted by molar-refractivity contribution is 5.93. The summed E-state index contributed by atoms with van der Waals surface area (Å²) in [7, 11) is 0. The molecule has 0 radical (unpaired) electrons. The zero-order valence-corrected chi connectivity index (χ0v) is 14.6. The summed E-state index contributed by atoms with van der Waals surface area (Å²) in [5.74, 6) is 0.282. The first kappa shape index (κ1) is 17.1. The van der Waals surface area contributed by atoms with E-state index in [1.165, 1.54) is 36.3 Å². The number of amides is 1. The Kier molecular flexibility index (Phi) is 4.70. The van der Waals surface area contributed by atoms with E-state index in [1.807, 2.05) is 6.07 Å². The minimum absolute atomic E-state index is 0.112. The summed E-state index contributed by atoms with van der Waals surface area (Å²) in [5, 5.41) is 0. The van der Waals surface area contributed by atoms with E-state index in [-0.39, 0.29) is 18.1 Å². The molecule has 0 saturated heterocycles. The number of halogens is 2. The monoisotopic (exact) mass is 356 g/mol. The van der Waals surface area contributed by atoms with Crippen LogP contribution in [0.2, 0.25) is 0 Å². The van der Waals surface area contributed by atoms with Crippen molar-refractivity contribution < 1.29 is 13.6 Å². The van der Waals surface area contributed by atoms with Crippen molar-refractivity contribution in [2.24, 2.45) is 17.8 Å². The highest BCUT2D eigenvalue weighted by atomic mass is 19.1. The summed E-state index contributed by atoms with van der Waals surface area (Å²) in [6.07, 6.45) is 6.87. The average Bonchev–Trinajstić information content (AvgIpc) is 3.24. The third-order valence-electron chi connectivity index (χ3n) is 5.87. The Morgan fingerprint density at radius 3 is 2.69 bits per heavy atom. The minimum Gasteiger partial charge on any atom is -0.304 e. The van der Waals surface area contributed by atoms with Gasteiger partial charge in [-0.25, -0.2) is 8.78 Å². The van der Waals surface area contributed by atoms with E-state index in [1.54, 1.807) is 18.3 Å². The molecule has 2 bridgehead atoms. The van der Waals surface area contributed by atoms with Crippen molar-refractivity contribution in [1.29, 1.82) is 0 Å². The van der Waals surface area contributed by atoms with Gasteiger partial charge < -0.3 is 4.90 Å². The Balaban J connectivity index is 1.58. The van der Waals surface area contributed by atoms with Gasteiger partial charge in [-0.05, 0) is 61.3 Å². The second-order valence-electron chi connectivity index (χ2n) is 7.54. The predicted octanol–water partition coefficient (Wildman–Crippen LogP) is 4.72. The molecule has 5 heteroatoms. The quantitative estimate of drug-likeness (QED) is 0.777. The van der Waals surface area contributed by atoms with E-state index in [2.05, 4.69) is 4.98 Å². The fraction of sp³-hybridized carbons (Fsp3) is 0.429. The number of aromatic nitrogens is 1. The van der Waals surface area contributed by atoms with Gasteiger partial charge in [-0.1, -0.05) is 12.5 Å². The van der Waals surface area contributed by atoms with Crippen molar-refractivity contribution in [3.63, 3.8) is 0 Å². The van der Waals surface area contributed by atoms with Gasteiger partial charge in [0.1, 0.15) is 11.6 Å². The largest absolute Gasteiger partial charge is 0.304 e. The van der Waals surface area contributed by atoms with Crippen molar-refractivity contribution in [1.82, 2.24) is 4.98 Å². The number of hydrogen-bond acceptors (Lipinski definition) is 2. The molecule has 3 atom stereocenters. The molecule has 1 aromatic carbocycles. The predicted molar refractivity (Wildman–Crippen MR) is 95.3 cm³/mol. The Morgan fingerprint density at radius 1 is 1.15 bits per heavy atom. The molecule has 0 aliphatic heterocycles. The van der Waals surface area contributed by atoms with Gasteiger partial charge in [-0.3, -0.25) is 9.78 Å². The number of carbonyl (C=O) groups is 1. The van der Waals surface area contributed by atoms with Crippen LogP contribution in [0.4, 0.5) is 14.5 Å². The fourth-order valence-electron chi connectivity index (χ4n) is 4.62. The number of anilines is 1. The van der Waals surface area contributed by atoms with Gasteiger partial charge in [0, 0.05) is 18.7 Å². The van der Waals surface area contributed by atoms with Gasteiger partial charge in [-0.15, -0.1) is 0 Å². The van der Waals surface area contributed by atoms with Gasteiger partial charge in [0.15, 0.2) is 0 Å². The molecule has 3 nitrogen and oxygen atoms in total. The van der Waals surface area contributed by atoms with Crippen LogP contribution in [0.15, 0.2) is 42.6 Å². The lowest BCUT2D eigenvalue weighted by Crippen LogP contribution is -2.33. The molecular formula is C21H22F2N2O. The summed E-state index contributed by atoms with van der Waals surface area (Å²) in [6.45, 7) is 0.184. The minimum atomic E-state index is -0.720. The first-order valence-corrected chi connectivity index (χ1v) is 9.25. The van der Waals surface area contributed by atoms with Crippen LogP contribution in [-0.2, 0) is 11.3 Å². The topological polar surface area (TPSA) is 33.2 Å². The van der Waals surface area contributed by atoms with Crippen LogP contribution in [-0.4, -0.2) is 10.9 Å². The number of carbonyl (C=O) groups excluding carboxylic acids is 1. The maximum atomic E-state index is 14.4. The third kappa shape index (κ3) is 3.48. The number of benzene rings is 1. The van der Waals surface area contributed by atoms with E-state index >= 15 is 0 Å². The lowest BCUT2D eigenvalue weighted by Gasteiger charge is -2.27. The van der Waals surface area contributed by atoms with E-state index < -0.39 is 11.6 Å². The third-order valence-corrected chi connectivity index (χ3v) is 5.87.